The number of methoxy groups -OCH3 is 1. The van der Waals surface area contributed by atoms with Crippen LogP contribution in [-0.2, 0) is 46.8 Å². The summed E-state index contributed by atoms with van der Waals surface area (Å²) in [5, 5.41) is 19.2. The van der Waals surface area contributed by atoms with E-state index in [1.165, 1.54) is 14.0 Å². The molecule has 294 valence electrons. The fourth-order valence-corrected chi connectivity index (χ4v) is 8.04. The number of amides is 3. The van der Waals surface area contributed by atoms with Gasteiger partial charge in [-0.25, -0.2) is 17.9 Å². The third kappa shape index (κ3) is 10.7. The Balaban J connectivity index is 1.48. The maximum Gasteiger partial charge on any atom is 0.328 e. The fourth-order valence-electron chi connectivity index (χ4n) is 6.52. The molecular formula is C38H52N6O9S. The molecular weight excluding hydrogens is 717 g/mol. The Hall–Kier alpha value is -5.12. The van der Waals surface area contributed by atoms with Crippen LogP contribution < -0.4 is 35.5 Å². The molecule has 0 unspecified atom stereocenters. The largest absolute Gasteiger partial charge is 0.490 e. The lowest BCUT2D eigenvalue weighted by Gasteiger charge is -2.35. The van der Waals surface area contributed by atoms with Gasteiger partial charge in [-0.1, -0.05) is 24.3 Å². The van der Waals surface area contributed by atoms with E-state index in [1.54, 1.807) is 50.3 Å². The third-order valence-electron chi connectivity index (χ3n) is 9.52. The number of hydrogen-bond acceptors (Lipinski definition) is 10. The zero-order valence-electron chi connectivity index (χ0n) is 31.9. The molecule has 3 amide bonds. The highest BCUT2D eigenvalue weighted by Gasteiger charge is 2.34. The highest BCUT2D eigenvalue weighted by atomic mass is 32.2. The van der Waals surface area contributed by atoms with Crippen LogP contribution in [0.2, 0.25) is 0 Å². The summed E-state index contributed by atoms with van der Waals surface area (Å²) in [6, 6.07) is 3.76. The predicted octanol–water partition coefficient (Wildman–Crippen LogP) is 2.53. The molecule has 5 rings (SSSR count). The summed E-state index contributed by atoms with van der Waals surface area (Å²) < 4.78 is 46.4. The van der Waals surface area contributed by atoms with E-state index in [1.807, 2.05) is 20.8 Å². The number of guanidine groups is 1. The number of carbonyl (C=O) groups is 4. The van der Waals surface area contributed by atoms with Crippen molar-refractivity contribution in [2.45, 2.75) is 109 Å². The Kier molecular flexibility index (Phi) is 13.7. The van der Waals surface area contributed by atoms with Crippen molar-refractivity contribution >= 4 is 39.7 Å². The van der Waals surface area contributed by atoms with E-state index in [4.69, 9.17) is 19.6 Å². The fraction of sp³-hybridized carbons (Fsp3) is 0.500. The topological polar surface area (TPSA) is 214 Å². The summed E-state index contributed by atoms with van der Waals surface area (Å²) in [4.78, 5) is 52.0. The first-order valence-electron chi connectivity index (χ1n) is 17.9. The Morgan fingerprint density at radius 2 is 1.72 bits per heavy atom. The van der Waals surface area contributed by atoms with Crippen LogP contribution in [0.25, 0.3) is 0 Å². The number of carbonyl (C=O) groups excluding carboxylic acids is 4. The summed E-state index contributed by atoms with van der Waals surface area (Å²) in [7, 11) is -2.97. The van der Waals surface area contributed by atoms with Crippen LogP contribution >= 0.6 is 0 Å². The van der Waals surface area contributed by atoms with E-state index in [9.17, 15) is 27.6 Å². The van der Waals surface area contributed by atoms with Crippen molar-refractivity contribution in [3.63, 3.8) is 0 Å². The highest BCUT2D eigenvalue weighted by molar-refractivity contribution is 7.90. The molecule has 54 heavy (non-hydrogen) atoms. The lowest BCUT2D eigenvalue weighted by atomic mass is 9.88. The molecule has 0 spiro atoms. The molecule has 16 heteroatoms. The number of ether oxygens (including phenoxy) is 3. The van der Waals surface area contributed by atoms with E-state index in [-0.39, 0.29) is 49.3 Å². The second-order valence-corrected chi connectivity index (χ2v) is 15.8. The minimum absolute atomic E-state index is 0.0300. The van der Waals surface area contributed by atoms with Crippen LogP contribution in [0, 0.1) is 26.2 Å². The maximum atomic E-state index is 13.6. The van der Waals surface area contributed by atoms with E-state index < -0.39 is 57.8 Å². The molecule has 2 bridgehead atoms. The number of fused-ring (bicyclic) bond motifs is 14. The average Bonchev–Trinajstić information content (AvgIpc) is 3.10. The number of sulfonamides is 1. The third-order valence-corrected chi connectivity index (χ3v) is 11.1. The van der Waals surface area contributed by atoms with E-state index in [0.29, 0.717) is 29.0 Å². The van der Waals surface area contributed by atoms with E-state index in [0.717, 1.165) is 23.1 Å². The van der Waals surface area contributed by atoms with Crippen LogP contribution in [0.15, 0.2) is 41.3 Å². The van der Waals surface area contributed by atoms with Crippen molar-refractivity contribution in [3.05, 3.63) is 64.2 Å². The van der Waals surface area contributed by atoms with Gasteiger partial charge < -0.3 is 35.5 Å². The highest BCUT2D eigenvalue weighted by Crippen LogP contribution is 2.42. The van der Waals surface area contributed by atoms with E-state index >= 15 is 0 Å². The van der Waals surface area contributed by atoms with E-state index in [2.05, 4.69) is 26.0 Å². The van der Waals surface area contributed by atoms with Crippen molar-refractivity contribution in [3.8, 4) is 11.5 Å². The van der Waals surface area contributed by atoms with Crippen molar-refractivity contribution < 1.29 is 41.8 Å². The second-order valence-electron chi connectivity index (χ2n) is 14.2. The second kappa shape index (κ2) is 17.8. The molecule has 0 radical (unpaired) electrons. The van der Waals surface area contributed by atoms with Crippen molar-refractivity contribution in [1.29, 1.82) is 5.41 Å². The Morgan fingerprint density at radius 3 is 2.39 bits per heavy atom. The summed E-state index contributed by atoms with van der Waals surface area (Å²) in [6.45, 7) is 10.8. The molecule has 0 saturated carbocycles. The molecule has 3 aliphatic heterocycles. The maximum absolute atomic E-state index is 13.6. The lowest BCUT2D eigenvalue weighted by Crippen LogP contribution is -2.56. The first-order chi connectivity index (χ1) is 25.4. The normalized spacial score (nSPS) is 20.2. The van der Waals surface area contributed by atoms with Gasteiger partial charge in [0.15, 0.2) is 0 Å². The summed E-state index contributed by atoms with van der Waals surface area (Å²) in [5.74, 6) is -1.62. The molecule has 3 aliphatic rings. The van der Waals surface area contributed by atoms with Gasteiger partial charge in [-0.2, -0.15) is 0 Å². The molecule has 0 aromatic heterocycles. The minimum Gasteiger partial charge on any atom is -0.490 e. The number of nitrogens with one attached hydrogen (secondary N) is 6. The number of hydrogen-bond donors (Lipinski definition) is 6. The zero-order chi connectivity index (χ0) is 39.8. The number of rotatable bonds is 8. The number of esters is 1. The Bertz CT molecular complexity index is 1890. The van der Waals surface area contributed by atoms with Gasteiger partial charge in [0.2, 0.25) is 23.7 Å². The van der Waals surface area contributed by atoms with Gasteiger partial charge in [0.05, 0.1) is 12.0 Å². The van der Waals surface area contributed by atoms with Crippen LogP contribution in [0.3, 0.4) is 0 Å². The molecule has 15 nitrogen and oxygen atoms in total. The molecule has 0 aliphatic carbocycles. The molecule has 2 aromatic carbocycles. The van der Waals surface area contributed by atoms with Crippen molar-refractivity contribution in [2.75, 3.05) is 20.3 Å². The predicted molar refractivity (Wildman–Crippen MR) is 202 cm³/mol. The van der Waals surface area contributed by atoms with Crippen LogP contribution in [0.5, 0.6) is 11.5 Å². The van der Waals surface area contributed by atoms with Gasteiger partial charge in [0.25, 0.3) is 10.0 Å². The smallest absolute Gasteiger partial charge is 0.328 e. The molecule has 0 saturated heterocycles. The molecule has 2 aromatic rings. The van der Waals surface area contributed by atoms with Gasteiger partial charge in [-0.3, -0.25) is 19.8 Å². The first-order valence-corrected chi connectivity index (χ1v) is 19.4. The number of benzene rings is 2. The van der Waals surface area contributed by atoms with Gasteiger partial charge in [-0.05, 0) is 107 Å². The average molecular weight is 769 g/mol. The summed E-state index contributed by atoms with van der Waals surface area (Å²) in [6.07, 6.45) is 5.20. The Labute approximate surface area is 316 Å². The Morgan fingerprint density at radius 1 is 1.02 bits per heavy atom. The van der Waals surface area contributed by atoms with Crippen LogP contribution in [-0.4, -0.2) is 82.1 Å². The van der Waals surface area contributed by atoms with Gasteiger partial charge in [0.1, 0.15) is 41.8 Å². The molecule has 3 heterocycles. The molecule has 6 N–H and O–H groups in total. The van der Waals surface area contributed by atoms with Gasteiger partial charge in [-0.15, -0.1) is 0 Å². The summed E-state index contributed by atoms with van der Waals surface area (Å²) >= 11 is 0. The molecule has 3 atom stereocenters. The van der Waals surface area contributed by atoms with Crippen LogP contribution in [0.1, 0.15) is 74.3 Å². The lowest BCUT2D eigenvalue weighted by molar-refractivity contribution is -0.145. The van der Waals surface area contributed by atoms with Crippen molar-refractivity contribution in [1.82, 2.24) is 26.0 Å². The van der Waals surface area contributed by atoms with Gasteiger partial charge in [0, 0.05) is 19.9 Å². The SMILES string of the molecule is COC(=O)[C@@H]1CC=CCOc2ccc(cc2)C[C@@H](NC(C)=O)C(=O)N[C@@H](CCCNC(=N)NS(=O)(=O)c2c(C)c(C)c3c(c2C)CCC(C)(C)O3)C(=O)N1. The van der Waals surface area contributed by atoms with Gasteiger partial charge >= 0.3 is 5.97 Å². The quantitative estimate of drug-likeness (QED) is 0.0759. The van der Waals surface area contributed by atoms with Crippen molar-refractivity contribution in [2.24, 2.45) is 0 Å². The molecule has 0 fully saturated rings. The summed E-state index contributed by atoms with van der Waals surface area (Å²) in [5.41, 5.74) is 3.04. The van der Waals surface area contributed by atoms with Crippen LogP contribution in [0.4, 0.5) is 0 Å². The monoisotopic (exact) mass is 768 g/mol. The zero-order valence-corrected chi connectivity index (χ0v) is 32.8. The standard InChI is InChI=1S/C38H52N6O9S/c1-22-23(2)33(24(3)28-17-18-38(5,6)53-32(22)28)54(49,50)44-37(39)40-19-10-12-29-34(46)43-30(36(48)51-7)11-8-9-20-52-27-15-13-26(14-16-27)21-31(35(47)42-29)41-25(4)45/h8-9,13-16,29-31H,10-12,17-21H2,1-7H3,(H,41,45)(H,42,47)(H,43,46)(H3,39,40,44)/t29-,30-,31+/m0/s1. The minimum atomic E-state index is -4.17. The first kappa shape index (κ1) is 41.6.